The summed E-state index contributed by atoms with van der Waals surface area (Å²) in [5.41, 5.74) is 1.17. The summed E-state index contributed by atoms with van der Waals surface area (Å²) in [7, 11) is 1.88. The average Bonchev–Trinajstić information content (AvgIpc) is 2.53. The molecule has 72 valence electrons. The van der Waals surface area contributed by atoms with E-state index < -0.39 is 0 Å². The molecule has 13 heavy (non-hydrogen) atoms. The van der Waals surface area contributed by atoms with Gasteiger partial charge in [-0.05, 0) is 13.5 Å². The van der Waals surface area contributed by atoms with Gasteiger partial charge in [0.1, 0.15) is 6.33 Å². The number of hydrogen-bond acceptors (Lipinski definition) is 3. The molecule has 1 N–H and O–H groups in total. The topological polar surface area (TPSA) is 42.7 Å². The van der Waals surface area contributed by atoms with Crippen LogP contribution in [-0.2, 0) is 13.1 Å². The molecule has 1 aromatic heterocycles. The molecule has 0 aliphatic rings. The second-order valence-corrected chi connectivity index (χ2v) is 2.99. The molecule has 1 rings (SSSR count). The van der Waals surface area contributed by atoms with Gasteiger partial charge in [-0.2, -0.15) is 5.10 Å². The third-order valence-electron chi connectivity index (χ3n) is 1.80. The predicted molar refractivity (Wildman–Crippen MR) is 52.2 cm³/mol. The fourth-order valence-corrected chi connectivity index (χ4v) is 0.989. The van der Waals surface area contributed by atoms with Crippen LogP contribution in [0.15, 0.2) is 18.5 Å². The molecular formula is C9H16N4. The number of aromatic nitrogens is 3. The third-order valence-corrected chi connectivity index (χ3v) is 1.80. The lowest BCUT2D eigenvalue weighted by molar-refractivity contribution is 0.642. The summed E-state index contributed by atoms with van der Waals surface area (Å²) in [4.78, 5) is 4.14. The zero-order valence-electron chi connectivity index (χ0n) is 8.25. The van der Waals surface area contributed by atoms with Crippen LogP contribution in [-0.4, -0.2) is 21.8 Å². The summed E-state index contributed by atoms with van der Waals surface area (Å²) in [6, 6.07) is 0. The SMILES string of the molecule is C=C(CC)Cn1cnc(CNC)n1. The maximum absolute atomic E-state index is 4.27. The van der Waals surface area contributed by atoms with E-state index in [1.165, 1.54) is 5.57 Å². The van der Waals surface area contributed by atoms with E-state index in [1.807, 2.05) is 11.7 Å². The van der Waals surface area contributed by atoms with Crippen molar-refractivity contribution >= 4 is 0 Å². The highest BCUT2D eigenvalue weighted by atomic mass is 15.3. The van der Waals surface area contributed by atoms with E-state index in [2.05, 4.69) is 28.9 Å². The first-order valence-corrected chi connectivity index (χ1v) is 4.45. The third kappa shape index (κ3) is 2.99. The van der Waals surface area contributed by atoms with Crippen LogP contribution in [0.5, 0.6) is 0 Å². The Labute approximate surface area is 78.7 Å². The van der Waals surface area contributed by atoms with Crippen molar-refractivity contribution < 1.29 is 0 Å². The predicted octanol–water partition coefficient (Wildman–Crippen LogP) is 0.964. The summed E-state index contributed by atoms with van der Waals surface area (Å²) in [6.07, 6.45) is 2.73. The van der Waals surface area contributed by atoms with Crippen molar-refractivity contribution in [3.8, 4) is 0 Å². The Morgan fingerprint density at radius 2 is 2.46 bits per heavy atom. The minimum absolute atomic E-state index is 0.714. The Kier molecular flexibility index (Phi) is 3.64. The van der Waals surface area contributed by atoms with Gasteiger partial charge in [0.25, 0.3) is 0 Å². The molecule has 1 aromatic rings. The van der Waals surface area contributed by atoms with Gasteiger partial charge in [0.05, 0.1) is 13.1 Å². The molecule has 0 saturated heterocycles. The summed E-state index contributed by atoms with van der Waals surface area (Å²) in [5.74, 6) is 0.825. The number of rotatable bonds is 5. The quantitative estimate of drug-likeness (QED) is 0.686. The number of nitrogens with zero attached hydrogens (tertiary/aromatic N) is 3. The fraction of sp³-hybridized carbons (Fsp3) is 0.556. The van der Waals surface area contributed by atoms with Crippen molar-refractivity contribution in [3.05, 3.63) is 24.3 Å². The van der Waals surface area contributed by atoms with Gasteiger partial charge >= 0.3 is 0 Å². The zero-order chi connectivity index (χ0) is 9.68. The first-order chi connectivity index (χ1) is 6.26. The van der Waals surface area contributed by atoms with Gasteiger partial charge in [0, 0.05) is 0 Å². The van der Waals surface area contributed by atoms with Crippen LogP contribution in [0.25, 0.3) is 0 Å². The molecule has 4 nitrogen and oxygen atoms in total. The Bertz CT molecular complexity index is 277. The summed E-state index contributed by atoms with van der Waals surface area (Å²) in [5, 5.41) is 7.27. The van der Waals surface area contributed by atoms with Gasteiger partial charge in [-0.25, -0.2) is 9.67 Å². The van der Waals surface area contributed by atoms with Gasteiger partial charge in [0.2, 0.25) is 0 Å². The van der Waals surface area contributed by atoms with E-state index >= 15 is 0 Å². The summed E-state index contributed by atoms with van der Waals surface area (Å²) >= 11 is 0. The normalized spacial score (nSPS) is 10.3. The number of nitrogens with one attached hydrogen (secondary N) is 1. The molecule has 0 saturated carbocycles. The van der Waals surface area contributed by atoms with E-state index in [-0.39, 0.29) is 0 Å². The van der Waals surface area contributed by atoms with Crippen LogP contribution in [0, 0.1) is 0 Å². The second kappa shape index (κ2) is 4.77. The van der Waals surface area contributed by atoms with E-state index in [0.717, 1.165) is 18.8 Å². The van der Waals surface area contributed by atoms with Crippen LogP contribution < -0.4 is 5.32 Å². The summed E-state index contributed by atoms with van der Waals surface area (Å²) in [6.45, 7) is 7.50. The van der Waals surface area contributed by atoms with Crippen LogP contribution in [0.4, 0.5) is 0 Å². The first kappa shape index (κ1) is 9.92. The van der Waals surface area contributed by atoms with Crippen molar-refractivity contribution in [2.45, 2.75) is 26.4 Å². The van der Waals surface area contributed by atoms with Gasteiger partial charge in [-0.1, -0.05) is 19.1 Å². The average molecular weight is 180 g/mol. The molecule has 0 amide bonds. The van der Waals surface area contributed by atoms with Crippen LogP contribution >= 0.6 is 0 Å². The van der Waals surface area contributed by atoms with E-state index in [9.17, 15) is 0 Å². The van der Waals surface area contributed by atoms with Crippen molar-refractivity contribution in [2.24, 2.45) is 0 Å². The standard InChI is InChI=1S/C9H16N4/c1-4-8(2)6-13-7-11-9(12-13)5-10-3/h7,10H,2,4-6H2,1,3H3. The van der Waals surface area contributed by atoms with Gasteiger partial charge in [0.15, 0.2) is 5.82 Å². The Balaban J connectivity index is 2.53. The molecule has 0 atom stereocenters. The summed E-state index contributed by atoms with van der Waals surface area (Å²) < 4.78 is 1.82. The largest absolute Gasteiger partial charge is 0.313 e. The van der Waals surface area contributed by atoms with Gasteiger partial charge < -0.3 is 5.32 Å². The van der Waals surface area contributed by atoms with Crippen molar-refractivity contribution in [1.82, 2.24) is 20.1 Å². The lowest BCUT2D eigenvalue weighted by atomic mass is 10.2. The minimum Gasteiger partial charge on any atom is -0.313 e. The van der Waals surface area contributed by atoms with Crippen LogP contribution in [0.3, 0.4) is 0 Å². The molecule has 4 heteroatoms. The molecule has 1 heterocycles. The number of hydrogen-bond donors (Lipinski definition) is 1. The van der Waals surface area contributed by atoms with E-state index in [1.54, 1.807) is 6.33 Å². The Morgan fingerprint density at radius 1 is 1.69 bits per heavy atom. The molecule has 0 bridgehead atoms. The molecule has 0 aliphatic carbocycles. The molecule has 0 aliphatic heterocycles. The fourth-order valence-electron chi connectivity index (χ4n) is 0.989. The Morgan fingerprint density at radius 3 is 3.08 bits per heavy atom. The highest BCUT2D eigenvalue weighted by Gasteiger charge is 1.99. The minimum atomic E-state index is 0.714. The lowest BCUT2D eigenvalue weighted by Crippen LogP contribution is -2.08. The molecular weight excluding hydrogens is 164 g/mol. The lowest BCUT2D eigenvalue weighted by Gasteiger charge is -2.00. The molecule has 0 fully saturated rings. The van der Waals surface area contributed by atoms with Crippen molar-refractivity contribution in [1.29, 1.82) is 0 Å². The second-order valence-electron chi connectivity index (χ2n) is 2.99. The smallest absolute Gasteiger partial charge is 0.164 e. The number of allylic oxidation sites excluding steroid dienone is 1. The van der Waals surface area contributed by atoms with E-state index in [0.29, 0.717) is 6.54 Å². The van der Waals surface area contributed by atoms with Crippen LogP contribution in [0.1, 0.15) is 19.2 Å². The monoisotopic (exact) mass is 180 g/mol. The highest BCUT2D eigenvalue weighted by Crippen LogP contribution is 2.00. The van der Waals surface area contributed by atoms with Crippen LogP contribution in [0.2, 0.25) is 0 Å². The van der Waals surface area contributed by atoms with Gasteiger partial charge in [-0.15, -0.1) is 0 Å². The molecule has 0 aromatic carbocycles. The maximum atomic E-state index is 4.27. The first-order valence-electron chi connectivity index (χ1n) is 4.45. The van der Waals surface area contributed by atoms with Gasteiger partial charge in [-0.3, -0.25) is 0 Å². The molecule has 0 unspecified atom stereocenters. The van der Waals surface area contributed by atoms with E-state index in [4.69, 9.17) is 0 Å². The van der Waals surface area contributed by atoms with Crippen molar-refractivity contribution in [2.75, 3.05) is 7.05 Å². The Hall–Kier alpha value is -1.16. The van der Waals surface area contributed by atoms with Crippen molar-refractivity contribution in [3.63, 3.8) is 0 Å². The maximum Gasteiger partial charge on any atom is 0.164 e. The zero-order valence-corrected chi connectivity index (χ0v) is 8.25. The molecule has 0 radical (unpaired) electrons. The molecule has 0 spiro atoms. The highest BCUT2D eigenvalue weighted by molar-refractivity contribution is 4.93.